The molecule has 9 nitrogen and oxygen atoms in total. The van der Waals surface area contributed by atoms with E-state index in [-0.39, 0.29) is 30.8 Å². The predicted octanol–water partition coefficient (Wildman–Crippen LogP) is -0.0813. The van der Waals surface area contributed by atoms with Gasteiger partial charge in [0, 0.05) is 13.5 Å². The van der Waals surface area contributed by atoms with Crippen LogP contribution in [0.1, 0.15) is 24.4 Å². The molecule has 3 aromatic rings. The molecule has 2 amide bonds. The van der Waals surface area contributed by atoms with Crippen LogP contribution in [0.4, 0.5) is 0 Å². The number of methoxy groups -OCH3 is 1. The van der Waals surface area contributed by atoms with Crippen LogP contribution in [0.25, 0.3) is 11.0 Å². The van der Waals surface area contributed by atoms with Crippen molar-refractivity contribution in [3.05, 3.63) is 58.5 Å². The number of ether oxygens (including phenoxy) is 1. The number of nitrogens with zero attached hydrogens (tertiary/aromatic N) is 3. The van der Waals surface area contributed by atoms with Crippen LogP contribution in [0.5, 0.6) is 5.75 Å². The fourth-order valence-corrected chi connectivity index (χ4v) is 3.98. The maximum Gasteiger partial charge on any atom is 0.488 e. The van der Waals surface area contributed by atoms with Crippen molar-refractivity contribution in [2.24, 2.45) is 7.05 Å². The molecule has 160 valence electrons. The van der Waals surface area contributed by atoms with Crippen molar-refractivity contribution in [3.63, 3.8) is 0 Å². The van der Waals surface area contributed by atoms with E-state index in [1.165, 1.54) is 26.2 Å². The maximum atomic E-state index is 13.3. The molecule has 1 saturated heterocycles. The number of piperidine rings is 1. The molecular weight excluding hydrogens is 401 g/mol. The van der Waals surface area contributed by atoms with Gasteiger partial charge in [-0.3, -0.25) is 23.6 Å². The Morgan fingerprint density at radius 1 is 1.06 bits per heavy atom. The Bertz CT molecular complexity index is 1210. The standard InChI is InChI=1S/C21H22BN3O6/c1-23-18-11-14(22(29)30)5-8-16(18)25(21(23)28)17-9-10-19(26)24(20(17)27)12-13-3-6-15(31-2)7-4-13/h3-8,11,17,29-30H,9-10,12H2,1-2H3. The highest BCUT2D eigenvalue weighted by Crippen LogP contribution is 2.28. The van der Waals surface area contributed by atoms with Crippen molar-refractivity contribution < 1.29 is 24.4 Å². The van der Waals surface area contributed by atoms with E-state index in [9.17, 15) is 24.4 Å². The van der Waals surface area contributed by atoms with Crippen LogP contribution in [-0.4, -0.2) is 50.1 Å². The van der Waals surface area contributed by atoms with Crippen LogP contribution in [0.15, 0.2) is 47.3 Å². The van der Waals surface area contributed by atoms with E-state index in [4.69, 9.17) is 4.74 Å². The number of aromatic nitrogens is 2. The quantitative estimate of drug-likeness (QED) is 0.439. The van der Waals surface area contributed by atoms with Gasteiger partial charge in [-0.25, -0.2) is 4.79 Å². The first-order valence-corrected chi connectivity index (χ1v) is 9.86. The van der Waals surface area contributed by atoms with Crippen LogP contribution in [-0.2, 0) is 23.2 Å². The molecule has 4 rings (SSSR count). The third-order valence-electron chi connectivity index (χ3n) is 5.71. The van der Waals surface area contributed by atoms with Gasteiger partial charge in [0.2, 0.25) is 5.91 Å². The Balaban J connectivity index is 1.70. The minimum Gasteiger partial charge on any atom is -0.497 e. The largest absolute Gasteiger partial charge is 0.497 e. The molecule has 0 radical (unpaired) electrons. The van der Waals surface area contributed by atoms with Gasteiger partial charge in [-0.05, 0) is 41.7 Å². The zero-order chi connectivity index (χ0) is 22.3. The molecule has 1 unspecified atom stereocenters. The molecule has 10 heteroatoms. The summed E-state index contributed by atoms with van der Waals surface area (Å²) in [6.07, 6.45) is 0.364. The van der Waals surface area contributed by atoms with Gasteiger partial charge in [0.15, 0.2) is 0 Å². The molecule has 2 heterocycles. The van der Waals surface area contributed by atoms with Crippen molar-refractivity contribution in [1.29, 1.82) is 0 Å². The second kappa shape index (κ2) is 8.05. The predicted molar refractivity (Wildman–Crippen MR) is 114 cm³/mol. The van der Waals surface area contributed by atoms with Crippen LogP contribution >= 0.6 is 0 Å². The van der Waals surface area contributed by atoms with Crippen LogP contribution < -0.4 is 15.9 Å². The number of fused-ring (bicyclic) bond motifs is 1. The smallest absolute Gasteiger partial charge is 0.488 e. The zero-order valence-corrected chi connectivity index (χ0v) is 17.2. The normalized spacial score (nSPS) is 16.8. The molecule has 0 saturated carbocycles. The lowest BCUT2D eigenvalue weighted by molar-refractivity contribution is -0.151. The number of carbonyl (C=O) groups excluding carboxylic acids is 2. The minimum atomic E-state index is -1.67. The second-order valence-electron chi connectivity index (χ2n) is 7.55. The Kier molecular flexibility index (Phi) is 5.42. The van der Waals surface area contributed by atoms with Crippen molar-refractivity contribution in [3.8, 4) is 5.75 Å². The molecular formula is C21H22BN3O6. The molecule has 1 aromatic heterocycles. The maximum absolute atomic E-state index is 13.3. The van der Waals surface area contributed by atoms with E-state index in [1.807, 2.05) is 0 Å². The summed E-state index contributed by atoms with van der Waals surface area (Å²) in [5.74, 6) is -0.0448. The van der Waals surface area contributed by atoms with Crippen molar-refractivity contribution >= 4 is 35.4 Å². The summed E-state index contributed by atoms with van der Waals surface area (Å²) in [5.41, 5.74) is 1.58. The molecule has 0 aliphatic carbocycles. The Morgan fingerprint density at radius 3 is 2.42 bits per heavy atom. The third-order valence-corrected chi connectivity index (χ3v) is 5.71. The fraction of sp³-hybridized carbons (Fsp3) is 0.286. The van der Waals surface area contributed by atoms with Crippen LogP contribution in [0.2, 0.25) is 0 Å². The van der Waals surface area contributed by atoms with Gasteiger partial charge in [0.05, 0.1) is 24.7 Å². The average molecular weight is 423 g/mol. The van der Waals surface area contributed by atoms with Gasteiger partial charge in [-0.2, -0.15) is 0 Å². The van der Waals surface area contributed by atoms with Gasteiger partial charge >= 0.3 is 12.8 Å². The van der Waals surface area contributed by atoms with Crippen molar-refractivity contribution in [2.75, 3.05) is 7.11 Å². The number of carbonyl (C=O) groups is 2. The number of benzene rings is 2. The molecule has 31 heavy (non-hydrogen) atoms. The van der Waals surface area contributed by atoms with Gasteiger partial charge in [0.1, 0.15) is 11.8 Å². The van der Waals surface area contributed by atoms with Crippen molar-refractivity contribution in [1.82, 2.24) is 14.0 Å². The molecule has 1 aliphatic heterocycles. The second-order valence-corrected chi connectivity index (χ2v) is 7.55. The first-order chi connectivity index (χ1) is 14.8. The van der Waals surface area contributed by atoms with E-state index in [0.29, 0.717) is 16.8 Å². The summed E-state index contributed by atoms with van der Waals surface area (Å²) in [5, 5.41) is 18.9. The Morgan fingerprint density at radius 2 is 1.77 bits per heavy atom. The lowest BCUT2D eigenvalue weighted by atomic mass is 9.80. The van der Waals surface area contributed by atoms with E-state index in [0.717, 1.165) is 5.56 Å². The lowest BCUT2D eigenvalue weighted by Crippen LogP contribution is -2.47. The van der Waals surface area contributed by atoms with Crippen LogP contribution in [0, 0.1) is 0 Å². The number of amides is 2. The van der Waals surface area contributed by atoms with Gasteiger partial charge < -0.3 is 14.8 Å². The van der Waals surface area contributed by atoms with E-state index in [1.54, 1.807) is 44.5 Å². The lowest BCUT2D eigenvalue weighted by Gasteiger charge is -2.31. The molecule has 2 aromatic carbocycles. The highest BCUT2D eigenvalue weighted by molar-refractivity contribution is 6.58. The number of likely N-dealkylation sites (tertiary alicyclic amines) is 1. The van der Waals surface area contributed by atoms with Gasteiger partial charge in [-0.15, -0.1) is 0 Å². The Hall–Kier alpha value is -3.37. The Labute approximate surface area is 178 Å². The number of aryl methyl sites for hydroxylation is 1. The monoisotopic (exact) mass is 423 g/mol. The highest BCUT2D eigenvalue weighted by Gasteiger charge is 2.37. The molecule has 1 aliphatic rings. The molecule has 1 fully saturated rings. The van der Waals surface area contributed by atoms with Crippen molar-refractivity contribution in [2.45, 2.75) is 25.4 Å². The topological polar surface area (TPSA) is 114 Å². The SMILES string of the molecule is COc1ccc(CN2C(=O)CCC(n3c(=O)n(C)c4cc(B(O)O)ccc43)C2=O)cc1. The summed E-state index contributed by atoms with van der Waals surface area (Å²) in [7, 11) is 1.45. The zero-order valence-electron chi connectivity index (χ0n) is 17.2. The first-order valence-electron chi connectivity index (χ1n) is 9.86. The minimum absolute atomic E-state index is 0.110. The summed E-state index contributed by atoms with van der Waals surface area (Å²) in [6, 6.07) is 10.9. The number of imide groups is 1. The summed E-state index contributed by atoms with van der Waals surface area (Å²) < 4.78 is 7.88. The van der Waals surface area contributed by atoms with E-state index in [2.05, 4.69) is 0 Å². The summed E-state index contributed by atoms with van der Waals surface area (Å²) in [4.78, 5) is 39.9. The van der Waals surface area contributed by atoms with E-state index >= 15 is 0 Å². The third kappa shape index (κ3) is 3.64. The average Bonchev–Trinajstić information content (AvgIpc) is 3.01. The number of hydrogen-bond donors (Lipinski definition) is 2. The molecule has 0 spiro atoms. The van der Waals surface area contributed by atoms with Gasteiger partial charge in [0.25, 0.3) is 5.91 Å². The number of imidazole rings is 1. The van der Waals surface area contributed by atoms with Crippen LogP contribution in [0.3, 0.4) is 0 Å². The van der Waals surface area contributed by atoms with E-state index < -0.39 is 24.8 Å². The molecule has 0 bridgehead atoms. The molecule has 1 atom stereocenters. The fourth-order valence-electron chi connectivity index (χ4n) is 3.98. The summed E-state index contributed by atoms with van der Waals surface area (Å²) in [6.45, 7) is 0.110. The number of hydrogen-bond acceptors (Lipinski definition) is 6. The van der Waals surface area contributed by atoms with Gasteiger partial charge in [-0.1, -0.05) is 18.2 Å². The highest BCUT2D eigenvalue weighted by atomic mass is 16.5. The first kappa shape index (κ1) is 20.9. The molecule has 2 N–H and O–H groups in total. The summed E-state index contributed by atoms with van der Waals surface area (Å²) >= 11 is 0. The number of rotatable bonds is 5.